The van der Waals surface area contributed by atoms with Gasteiger partial charge in [-0.15, -0.1) is 0 Å². The van der Waals surface area contributed by atoms with E-state index in [9.17, 15) is 13.2 Å². The molecule has 8 nitrogen and oxygen atoms in total. The molecule has 1 heterocycles. The van der Waals surface area contributed by atoms with E-state index in [1.165, 1.54) is 25.3 Å². The fourth-order valence-corrected chi connectivity index (χ4v) is 4.19. The molecule has 0 aliphatic rings. The van der Waals surface area contributed by atoms with Gasteiger partial charge in [0.05, 0.1) is 23.3 Å². The zero-order valence-electron chi connectivity index (χ0n) is 17.9. The summed E-state index contributed by atoms with van der Waals surface area (Å²) in [6, 6.07) is 11.6. The van der Waals surface area contributed by atoms with E-state index in [1.807, 2.05) is 55.8 Å². The number of para-hydroxylation sites is 1. The summed E-state index contributed by atoms with van der Waals surface area (Å²) in [6.45, 7) is 5.61. The van der Waals surface area contributed by atoms with Crippen LogP contribution in [0.1, 0.15) is 35.6 Å². The number of carbonyl (C=O) groups excluding carboxylic acids is 1. The summed E-state index contributed by atoms with van der Waals surface area (Å²) >= 11 is 0. The third kappa shape index (κ3) is 5.12. The Kier molecular flexibility index (Phi) is 6.77. The Hall–Kier alpha value is -3.17. The highest BCUT2D eigenvalue weighted by atomic mass is 32.2. The van der Waals surface area contributed by atoms with Crippen LogP contribution in [-0.4, -0.2) is 37.0 Å². The lowest BCUT2D eigenvalue weighted by atomic mass is 10.2. The Labute approximate surface area is 182 Å². The number of aryl methyl sites for hydroxylation is 1. The van der Waals surface area contributed by atoms with Crippen molar-refractivity contribution in [2.75, 3.05) is 7.11 Å². The third-order valence-electron chi connectivity index (χ3n) is 4.68. The lowest BCUT2D eigenvalue weighted by Crippen LogP contribution is -2.31. The van der Waals surface area contributed by atoms with E-state index in [-0.39, 0.29) is 23.0 Å². The van der Waals surface area contributed by atoms with Gasteiger partial charge in [0, 0.05) is 25.0 Å². The van der Waals surface area contributed by atoms with E-state index in [0.29, 0.717) is 5.75 Å². The number of hydrogen-bond donors (Lipinski definition) is 2. The molecule has 0 saturated heterocycles. The molecule has 164 valence electrons. The highest BCUT2D eigenvalue weighted by Gasteiger charge is 2.20. The van der Waals surface area contributed by atoms with Crippen molar-refractivity contribution in [2.24, 2.45) is 0 Å². The molecule has 0 unspecified atom stereocenters. The van der Waals surface area contributed by atoms with Gasteiger partial charge in [0.15, 0.2) is 0 Å². The minimum atomic E-state index is -3.87. The molecule has 1 amide bonds. The Morgan fingerprint density at radius 3 is 2.58 bits per heavy atom. The van der Waals surface area contributed by atoms with E-state index in [0.717, 1.165) is 17.1 Å². The smallest absolute Gasteiger partial charge is 0.255 e. The summed E-state index contributed by atoms with van der Waals surface area (Å²) < 4.78 is 35.7. The molecule has 0 bridgehead atoms. The molecule has 31 heavy (non-hydrogen) atoms. The summed E-state index contributed by atoms with van der Waals surface area (Å²) in [5.41, 5.74) is 1.79. The number of benzene rings is 2. The van der Waals surface area contributed by atoms with Crippen LogP contribution in [0.25, 0.3) is 5.69 Å². The zero-order chi connectivity index (χ0) is 22.6. The quantitative estimate of drug-likeness (QED) is 0.559. The van der Waals surface area contributed by atoms with E-state index in [2.05, 4.69) is 15.0 Å². The molecule has 9 heteroatoms. The van der Waals surface area contributed by atoms with Gasteiger partial charge < -0.3 is 14.6 Å². The number of methoxy groups -OCH3 is 1. The van der Waals surface area contributed by atoms with Gasteiger partial charge in [0.25, 0.3) is 5.91 Å². The number of ether oxygens (including phenoxy) is 1. The molecular weight excluding hydrogens is 416 g/mol. The zero-order valence-corrected chi connectivity index (χ0v) is 18.7. The largest absolute Gasteiger partial charge is 0.496 e. The van der Waals surface area contributed by atoms with Crippen LogP contribution < -0.4 is 14.8 Å². The topological polar surface area (TPSA) is 102 Å². The van der Waals surface area contributed by atoms with Crippen LogP contribution in [0.4, 0.5) is 0 Å². The second kappa shape index (κ2) is 9.32. The number of rotatable bonds is 8. The van der Waals surface area contributed by atoms with E-state index < -0.39 is 15.9 Å². The first-order valence-corrected chi connectivity index (χ1v) is 11.3. The van der Waals surface area contributed by atoms with Crippen LogP contribution in [0.3, 0.4) is 0 Å². The van der Waals surface area contributed by atoms with Gasteiger partial charge in [0.1, 0.15) is 11.6 Å². The maximum atomic E-state index is 13.0. The summed E-state index contributed by atoms with van der Waals surface area (Å²) in [4.78, 5) is 16.7. The van der Waals surface area contributed by atoms with Crippen LogP contribution >= 0.6 is 0 Å². The first-order chi connectivity index (χ1) is 14.7. The van der Waals surface area contributed by atoms with Gasteiger partial charge >= 0.3 is 0 Å². The molecule has 0 aliphatic carbocycles. The summed E-state index contributed by atoms with van der Waals surface area (Å²) in [5, 5.41) is 2.76. The minimum absolute atomic E-state index is 0.0153. The Morgan fingerprint density at radius 1 is 1.19 bits per heavy atom. The average molecular weight is 443 g/mol. The molecule has 0 aliphatic heterocycles. The van der Waals surface area contributed by atoms with Crippen molar-refractivity contribution in [1.29, 1.82) is 0 Å². The summed E-state index contributed by atoms with van der Waals surface area (Å²) in [5.74, 6) is 0.703. The first-order valence-electron chi connectivity index (χ1n) is 9.79. The molecule has 0 saturated carbocycles. The van der Waals surface area contributed by atoms with Crippen molar-refractivity contribution in [3.8, 4) is 11.4 Å². The van der Waals surface area contributed by atoms with Crippen LogP contribution in [-0.2, 0) is 16.6 Å². The summed E-state index contributed by atoms with van der Waals surface area (Å²) in [6.07, 6.45) is 3.52. The number of hydrogen-bond acceptors (Lipinski definition) is 5. The maximum absolute atomic E-state index is 13.0. The molecule has 0 fully saturated rings. The lowest BCUT2D eigenvalue weighted by Gasteiger charge is -2.15. The molecular formula is C22H26N4O4S. The van der Waals surface area contributed by atoms with Crippen LogP contribution in [0.5, 0.6) is 5.75 Å². The van der Waals surface area contributed by atoms with Crippen molar-refractivity contribution in [3.63, 3.8) is 0 Å². The second-order valence-electron chi connectivity index (χ2n) is 7.29. The average Bonchev–Trinajstić information content (AvgIpc) is 3.17. The number of nitrogens with zero attached hydrogens (tertiary/aromatic N) is 2. The van der Waals surface area contributed by atoms with Gasteiger partial charge in [-0.05, 0) is 50.6 Å². The number of amides is 1. The first kappa shape index (κ1) is 22.5. The van der Waals surface area contributed by atoms with Crippen molar-refractivity contribution in [2.45, 2.75) is 38.3 Å². The van der Waals surface area contributed by atoms with Gasteiger partial charge in [-0.3, -0.25) is 4.79 Å². The number of imidazole rings is 1. The number of sulfonamides is 1. The highest BCUT2D eigenvalue weighted by Crippen LogP contribution is 2.23. The highest BCUT2D eigenvalue weighted by molar-refractivity contribution is 7.89. The van der Waals surface area contributed by atoms with Gasteiger partial charge in [-0.2, -0.15) is 0 Å². The van der Waals surface area contributed by atoms with Gasteiger partial charge in [-0.25, -0.2) is 18.1 Å². The molecule has 0 spiro atoms. The van der Waals surface area contributed by atoms with Crippen LogP contribution in [0, 0.1) is 6.92 Å². The molecule has 2 N–H and O–H groups in total. The van der Waals surface area contributed by atoms with Gasteiger partial charge in [-0.1, -0.05) is 18.2 Å². The van der Waals surface area contributed by atoms with Crippen molar-refractivity contribution in [1.82, 2.24) is 19.6 Å². The molecule has 1 aromatic heterocycles. The number of aromatic nitrogens is 2. The number of carbonyl (C=O) groups is 1. The molecule has 3 rings (SSSR count). The number of nitrogens with one attached hydrogen (secondary N) is 2. The monoisotopic (exact) mass is 442 g/mol. The lowest BCUT2D eigenvalue weighted by molar-refractivity contribution is 0.0940. The van der Waals surface area contributed by atoms with E-state index in [4.69, 9.17) is 4.74 Å². The van der Waals surface area contributed by atoms with Crippen molar-refractivity contribution < 1.29 is 17.9 Å². The fourth-order valence-electron chi connectivity index (χ4n) is 3.16. The van der Waals surface area contributed by atoms with Crippen LogP contribution in [0.15, 0.2) is 59.8 Å². The predicted octanol–water partition coefficient (Wildman–Crippen LogP) is 2.81. The SMILES string of the molecule is COc1ccc(S(=O)(=O)NCc2ccccc2-n2ccnc2C)cc1C(=O)NC(C)C. The minimum Gasteiger partial charge on any atom is -0.496 e. The Bertz CT molecular complexity index is 1190. The maximum Gasteiger partial charge on any atom is 0.255 e. The Morgan fingerprint density at radius 2 is 1.94 bits per heavy atom. The van der Waals surface area contributed by atoms with Crippen LogP contribution in [0.2, 0.25) is 0 Å². The molecule has 0 radical (unpaired) electrons. The molecule has 0 atom stereocenters. The standard InChI is InChI=1S/C22H26N4O4S/c1-15(2)25-22(27)19-13-18(9-10-21(19)30-4)31(28,29)24-14-17-7-5-6-8-20(17)26-12-11-23-16(26)3/h5-13,15,24H,14H2,1-4H3,(H,25,27). The summed E-state index contributed by atoms with van der Waals surface area (Å²) in [7, 11) is -2.44. The predicted molar refractivity (Wildman–Crippen MR) is 118 cm³/mol. The second-order valence-corrected chi connectivity index (χ2v) is 9.05. The Balaban J connectivity index is 1.87. The van der Waals surface area contributed by atoms with E-state index in [1.54, 1.807) is 6.20 Å². The normalized spacial score (nSPS) is 11.5. The van der Waals surface area contributed by atoms with Crippen molar-refractivity contribution in [3.05, 3.63) is 71.8 Å². The molecule has 2 aromatic carbocycles. The van der Waals surface area contributed by atoms with E-state index >= 15 is 0 Å². The third-order valence-corrected chi connectivity index (χ3v) is 6.07. The van der Waals surface area contributed by atoms with Gasteiger partial charge in [0.2, 0.25) is 10.0 Å². The fraction of sp³-hybridized carbons (Fsp3) is 0.273. The van der Waals surface area contributed by atoms with Crippen molar-refractivity contribution >= 4 is 15.9 Å². The molecule has 3 aromatic rings.